The second kappa shape index (κ2) is 5.57. The van der Waals surface area contributed by atoms with Gasteiger partial charge in [0.05, 0.1) is 0 Å². The molecule has 1 aliphatic rings. The Morgan fingerprint density at radius 2 is 2.11 bits per heavy atom. The summed E-state index contributed by atoms with van der Waals surface area (Å²) in [6.45, 7) is 0.304. The topological polar surface area (TPSA) is 107 Å². The van der Waals surface area contributed by atoms with Gasteiger partial charge in [0.1, 0.15) is 12.3 Å². The van der Waals surface area contributed by atoms with Gasteiger partial charge in [0, 0.05) is 6.04 Å². The van der Waals surface area contributed by atoms with E-state index in [9.17, 15) is 4.79 Å². The summed E-state index contributed by atoms with van der Waals surface area (Å²) in [6.07, 6.45) is 4.77. The number of rotatable bonds is 4. The van der Waals surface area contributed by atoms with Crippen molar-refractivity contribution in [3.63, 3.8) is 0 Å². The Kier molecular flexibility index (Phi) is 3.86. The van der Waals surface area contributed by atoms with Crippen molar-refractivity contribution < 1.29 is 9.21 Å². The molecule has 18 heavy (non-hydrogen) atoms. The van der Waals surface area contributed by atoms with E-state index in [4.69, 9.17) is 15.9 Å². The van der Waals surface area contributed by atoms with Gasteiger partial charge in [-0.1, -0.05) is 12.8 Å². The van der Waals surface area contributed by atoms with E-state index >= 15 is 0 Å². The molecule has 1 aromatic heterocycles. The minimum atomic E-state index is -0.581. The Hall–Kier alpha value is -1.98. The molecular formula is C12H18N4O2. The third kappa shape index (κ3) is 3.26. The van der Waals surface area contributed by atoms with Crippen molar-refractivity contribution in [3.8, 4) is 0 Å². The van der Waals surface area contributed by atoms with Gasteiger partial charge in [0.2, 0.25) is 0 Å². The van der Waals surface area contributed by atoms with Crippen LogP contribution in [0.25, 0.3) is 0 Å². The third-order valence-electron chi connectivity index (χ3n) is 3.02. The van der Waals surface area contributed by atoms with Crippen molar-refractivity contribution in [2.24, 2.45) is 16.5 Å². The van der Waals surface area contributed by atoms with Crippen molar-refractivity contribution in [3.05, 3.63) is 23.7 Å². The van der Waals surface area contributed by atoms with E-state index in [1.807, 2.05) is 0 Å². The Labute approximate surface area is 105 Å². The maximum atomic E-state index is 10.8. The van der Waals surface area contributed by atoms with E-state index in [0.29, 0.717) is 24.3 Å². The quantitative estimate of drug-likeness (QED) is 0.540. The van der Waals surface area contributed by atoms with E-state index in [1.54, 1.807) is 6.07 Å². The second-order valence-electron chi connectivity index (χ2n) is 4.46. The van der Waals surface area contributed by atoms with Gasteiger partial charge in [-0.15, -0.1) is 0 Å². The van der Waals surface area contributed by atoms with Crippen LogP contribution < -0.4 is 16.8 Å². The molecule has 0 radical (unpaired) electrons. The minimum absolute atomic E-state index is 0.141. The molecular weight excluding hydrogens is 232 g/mol. The van der Waals surface area contributed by atoms with Gasteiger partial charge in [-0.05, 0) is 25.0 Å². The standard InChI is InChI=1S/C12H18N4O2/c13-11(17)10-6-5-9(18-10)7-15-12(14)16-8-3-1-2-4-8/h5-6,8H,1-4,7H2,(H2,13,17)(H3,14,15,16). The summed E-state index contributed by atoms with van der Waals surface area (Å²) in [5.41, 5.74) is 10.9. The molecule has 2 rings (SSSR count). The summed E-state index contributed by atoms with van der Waals surface area (Å²) in [4.78, 5) is 15.0. The number of hydrogen-bond acceptors (Lipinski definition) is 3. The van der Waals surface area contributed by atoms with Crippen LogP contribution in [0.2, 0.25) is 0 Å². The van der Waals surface area contributed by atoms with Crippen LogP contribution in [0.1, 0.15) is 42.0 Å². The van der Waals surface area contributed by atoms with Crippen LogP contribution in [-0.2, 0) is 6.54 Å². The van der Waals surface area contributed by atoms with Gasteiger partial charge >= 0.3 is 0 Å². The summed E-state index contributed by atoms with van der Waals surface area (Å²) in [6, 6.07) is 3.65. The molecule has 0 aromatic carbocycles. The predicted octanol–water partition coefficient (Wildman–Crippen LogP) is 0.725. The highest BCUT2D eigenvalue weighted by atomic mass is 16.3. The maximum Gasteiger partial charge on any atom is 0.284 e. The number of furan rings is 1. The number of carbonyl (C=O) groups excluding carboxylic acids is 1. The van der Waals surface area contributed by atoms with Crippen molar-refractivity contribution in [2.45, 2.75) is 38.3 Å². The molecule has 0 bridgehead atoms. The Morgan fingerprint density at radius 1 is 1.39 bits per heavy atom. The van der Waals surface area contributed by atoms with E-state index < -0.39 is 5.91 Å². The maximum absolute atomic E-state index is 10.8. The van der Waals surface area contributed by atoms with Crippen LogP contribution in [0.15, 0.2) is 21.5 Å². The summed E-state index contributed by atoms with van der Waals surface area (Å²) in [7, 11) is 0. The lowest BCUT2D eigenvalue weighted by molar-refractivity contribution is 0.0972. The average molecular weight is 250 g/mol. The Bertz CT molecular complexity index is 447. The van der Waals surface area contributed by atoms with Crippen LogP contribution >= 0.6 is 0 Å². The molecule has 6 heteroatoms. The van der Waals surface area contributed by atoms with Crippen LogP contribution in [0, 0.1) is 0 Å². The number of carbonyl (C=O) groups is 1. The van der Waals surface area contributed by atoms with Gasteiger partial charge in [-0.25, -0.2) is 4.99 Å². The van der Waals surface area contributed by atoms with Gasteiger partial charge in [0.15, 0.2) is 11.7 Å². The lowest BCUT2D eigenvalue weighted by Crippen LogP contribution is -2.38. The van der Waals surface area contributed by atoms with E-state index in [1.165, 1.54) is 18.9 Å². The summed E-state index contributed by atoms with van der Waals surface area (Å²) < 4.78 is 5.20. The molecule has 5 N–H and O–H groups in total. The van der Waals surface area contributed by atoms with E-state index in [-0.39, 0.29) is 5.76 Å². The number of hydrogen-bond donors (Lipinski definition) is 3. The van der Waals surface area contributed by atoms with E-state index in [2.05, 4.69) is 10.3 Å². The summed E-state index contributed by atoms with van der Waals surface area (Å²) in [5.74, 6) is 0.545. The number of nitrogens with zero attached hydrogens (tertiary/aromatic N) is 1. The molecule has 1 heterocycles. The molecule has 0 atom stereocenters. The Morgan fingerprint density at radius 3 is 2.72 bits per heavy atom. The molecule has 0 aliphatic heterocycles. The lowest BCUT2D eigenvalue weighted by atomic mass is 10.2. The van der Waals surface area contributed by atoms with Crippen LogP contribution in [0.5, 0.6) is 0 Å². The molecule has 98 valence electrons. The molecule has 1 fully saturated rings. The monoisotopic (exact) mass is 250 g/mol. The normalized spacial score (nSPS) is 17.0. The largest absolute Gasteiger partial charge is 0.454 e. The van der Waals surface area contributed by atoms with Crippen molar-refractivity contribution >= 4 is 11.9 Å². The van der Waals surface area contributed by atoms with Crippen molar-refractivity contribution in [2.75, 3.05) is 0 Å². The molecule has 1 aliphatic carbocycles. The lowest BCUT2D eigenvalue weighted by Gasteiger charge is -2.11. The number of nitrogens with two attached hydrogens (primary N) is 2. The van der Waals surface area contributed by atoms with Crippen LogP contribution in [0.4, 0.5) is 0 Å². The zero-order valence-electron chi connectivity index (χ0n) is 10.2. The number of guanidine groups is 1. The van der Waals surface area contributed by atoms with Gasteiger partial charge in [-0.2, -0.15) is 0 Å². The first-order valence-electron chi connectivity index (χ1n) is 6.10. The predicted molar refractivity (Wildman–Crippen MR) is 67.9 cm³/mol. The smallest absolute Gasteiger partial charge is 0.284 e. The number of aliphatic imine (C=N–C) groups is 1. The highest BCUT2D eigenvalue weighted by Crippen LogP contribution is 2.17. The van der Waals surface area contributed by atoms with Crippen LogP contribution in [-0.4, -0.2) is 17.9 Å². The number of amides is 1. The first-order valence-corrected chi connectivity index (χ1v) is 6.10. The zero-order chi connectivity index (χ0) is 13.0. The first kappa shape index (κ1) is 12.5. The number of nitrogens with one attached hydrogen (secondary N) is 1. The van der Waals surface area contributed by atoms with Crippen molar-refractivity contribution in [1.29, 1.82) is 0 Å². The molecule has 0 unspecified atom stereocenters. The zero-order valence-corrected chi connectivity index (χ0v) is 10.2. The first-order chi connectivity index (χ1) is 8.65. The fourth-order valence-electron chi connectivity index (χ4n) is 2.08. The van der Waals surface area contributed by atoms with Gasteiger partial charge in [0.25, 0.3) is 5.91 Å². The third-order valence-corrected chi connectivity index (χ3v) is 3.02. The fraction of sp³-hybridized carbons (Fsp3) is 0.500. The Balaban J connectivity index is 1.86. The minimum Gasteiger partial charge on any atom is -0.454 e. The van der Waals surface area contributed by atoms with Gasteiger partial charge < -0.3 is 21.2 Å². The van der Waals surface area contributed by atoms with E-state index in [0.717, 1.165) is 12.8 Å². The molecule has 0 saturated heterocycles. The molecule has 6 nitrogen and oxygen atoms in total. The van der Waals surface area contributed by atoms with Crippen molar-refractivity contribution in [1.82, 2.24) is 5.32 Å². The second-order valence-corrected chi connectivity index (χ2v) is 4.46. The average Bonchev–Trinajstić information content (AvgIpc) is 2.96. The highest BCUT2D eigenvalue weighted by Gasteiger charge is 2.14. The molecule has 1 saturated carbocycles. The highest BCUT2D eigenvalue weighted by molar-refractivity contribution is 5.89. The SMILES string of the molecule is NC(=O)c1ccc(CN=C(N)NC2CCCC2)o1. The molecule has 1 aromatic rings. The van der Waals surface area contributed by atoms with Crippen LogP contribution in [0.3, 0.4) is 0 Å². The molecule has 1 amide bonds. The van der Waals surface area contributed by atoms with Gasteiger partial charge in [-0.3, -0.25) is 4.79 Å². The fourth-order valence-corrected chi connectivity index (χ4v) is 2.08. The summed E-state index contributed by atoms with van der Waals surface area (Å²) in [5, 5.41) is 3.17. The number of primary amides is 1. The summed E-state index contributed by atoms with van der Waals surface area (Å²) >= 11 is 0. The molecule has 0 spiro atoms.